The SMILES string of the molecule is O=C(O)c1cc(N(CCO)C2CC2)c(F)cc1[N+](=O)[O-]. The third kappa shape index (κ3) is 2.69. The van der Waals surface area contributed by atoms with E-state index in [2.05, 4.69) is 0 Å². The number of hydrogen-bond acceptors (Lipinski definition) is 5. The number of halogens is 1. The zero-order valence-corrected chi connectivity index (χ0v) is 10.5. The van der Waals surface area contributed by atoms with Gasteiger partial charge in [0.05, 0.1) is 23.3 Å². The molecule has 1 saturated carbocycles. The highest BCUT2D eigenvalue weighted by atomic mass is 19.1. The average molecular weight is 284 g/mol. The molecule has 8 heteroatoms. The summed E-state index contributed by atoms with van der Waals surface area (Å²) >= 11 is 0. The number of aromatic carboxylic acids is 1. The molecule has 1 aliphatic rings. The number of nitrogens with zero attached hydrogens (tertiary/aromatic N) is 2. The predicted molar refractivity (Wildman–Crippen MR) is 67.5 cm³/mol. The van der Waals surface area contributed by atoms with Crippen molar-refractivity contribution in [2.24, 2.45) is 0 Å². The Labute approximate surface area is 113 Å². The molecule has 20 heavy (non-hydrogen) atoms. The van der Waals surface area contributed by atoms with Crippen LogP contribution in [0.25, 0.3) is 0 Å². The first-order valence-electron chi connectivity index (χ1n) is 6.04. The van der Waals surface area contributed by atoms with Crippen LogP contribution in [0.3, 0.4) is 0 Å². The van der Waals surface area contributed by atoms with E-state index in [1.165, 1.54) is 0 Å². The van der Waals surface area contributed by atoms with Crippen LogP contribution in [0.5, 0.6) is 0 Å². The molecule has 2 N–H and O–H groups in total. The minimum Gasteiger partial charge on any atom is -0.477 e. The van der Waals surface area contributed by atoms with E-state index in [4.69, 9.17) is 10.2 Å². The third-order valence-electron chi connectivity index (χ3n) is 3.13. The lowest BCUT2D eigenvalue weighted by Gasteiger charge is -2.24. The Kier molecular flexibility index (Phi) is 3.84. The van der Waals surface area contributed by atoms with Crippen molar-refractivity contribution in [1.29, 1.82) is 0 Å². The third-order valence-corrected chi connectivity index (χ3v) is 3.13. The van der Waals surface area contributed by atoms with E-state index in [-0.39, 0.29) is 24.9 Å². The molecule has 0 aliphatic heterocycles. The normalized spacial score (nSPS) is 14.1. The molecule has 0 aromatic heterocycles. The van der Waals surface area contributed by atoms with Crippen LogP contribution < -0.4 is 4.90 Å². The molecule has 7 nitrogen and oxygen atoms in total. The van der Waals surface area contributed by atoms with Crippen LogP contribution in [0.2, 0.25) is 0 Å². The lowest BCUT2D eigenvalue weighted by Crippen LogP contribution is -2.30. The van der Waals surface area contributed by atoms with Gasteiger partial charge in [-0.2, -0.15) is 0 Å². The van der Waals surface area contributed by atoms with E-state index in [0.29, 0.717) is 6.07 Å². The minimum absolute atomic E-state index is 0.0236. The number of carboxylic acid groups (broad SMARTS) is 1. The van der Waals surface area contributed by atoms with Crippen LogP contribution in [-0.4, -0.2) is 40.3 Å². The van der Waals surface area contributed by atoms with Gasteiger partial charge in [-0.15, -0.1) is 0 Å². The Morgan fingerprint density at radius 1 is 1.50 bits per heavy atom. The second-order valence-corrected chi connectivity index (χ2v) is 4.53. The van der Waals surface area contributed by atoms with E-state index in [1.807, 2.05) is 0 Å². The fourth-order valence-electron chi connectivity index (χ4n) is 2.09. The zero-order chi connectivity index (χ0) is 14.9. The molecular weight excluding hydrogens is 271 g/mol. The standard InChI is InChI=1S/C12H13FN2O5/c13-9-6-10(15(19)20)8(12(17)18)5-11(9)14(3-4-16)7-1-2-7/h5-7,16H,1-4H2,(H,17,18). The van der Waals surface area contributed by atoms with Gasteiger partial charge in [0, 0.05) is 12.6 Å². The Bertz CT molecular complexity index is 559. The van der Waals surface area contributed by atoms with Gasteiger partial charge in [-0.1, -0.05) is 0 Å². The van der Waals surface area contributed by atoms with Gasteiger partial charge >= 0.3 is 5.97 Å². The van der Waals surface area contributed by atoms with E-state index < -0.39 is 28.0 Å². The van der Waals surface area contributed by atoms with Crippen LogP contribution in [0, 0.1) is 15.9 Å². The number of nitro benzene ring substituents is 1. The Hall–Kier alpha value is -2.22. The van der Waals surface area contributed by atoms with Crippen molar-refractivity contribution >= 4 is 17.3 Å². The summed E-state index contributed by atoms with van der Waals surface area (Å²) in [5.41, 5.74) is -1.36. The topological polar surface area (TPSA) is 104 Å². The Morgan fingerprint density at radius 2 is 2.15 bits per heavy atom. The first-order chi connectivity index (χ1) is 9.45. The molecule has 0 unspecified atom stereocenters. The smallest absolute Gasteiger partial charge is 0.342 e. The first kappa shape index (κ1) is 14.2. The molecule has 1 fully saturated rings. The first-order valence-corrected chi connectivity index (χ1v) is 6.04. The van der Waals surface area contributed by atoms with Crippen LogP contribution >= 0.6 is 0 Å². The van der Waals surface area contributed by atoms with Crippen molar-refractivity contribution < 1.29 is 24.3 Å². The maximum absolute atomic E-state index is 14.0. The fraction of sp³-hybridized carbons (Fsp3) is 0.417. The summed E-state index contributed by atoms with van der Waals surface area (Å²) in [6.07, 6.45) is 1.64. The number of carbonyl (C=O) groups is 1. The molecule has 2 rings (SSSR count). The van der Waals surface area contributed by atoms with Gasteiger partial charge in [-0.3, -0.25) is 10.1 Å². The number of nitro groups is 1. The summed E-state index contributed by atoms with van der Waals surface area (Å²) < 4.78 is 14.0. The summed E-state index contributed by atoms with van der Waals surface area (Å²) in [6.45, 7) is -0.0617. The molecule has 0 amide bonds. The van der Waals surface area contributed by atoms with E-state index in [1.54, 1.807) is 4.90 Å². The second-order valence-electron chi connectivity index (χ2n) is 4.53. The summed E-state index contributed by atoms with van der Waals surface area (Å²) in [7, 11) is 0. The van der Waals surface area contributed by atoms with Crippen molar-refractivity contribution in [3.05, 3.63) is 33.6 Å². The molecule has 1 aromatic rings. The monoisotopic (exact) mass is 284 g/mol. The van der Waals surface area contributed by atoms with Crippen molar-refractivity contribution in [3.63, 3.8) is 0 Å². The van der Waals surface area contributed by atoms with Crippen molar-refractivity contribution in [3.8, 4) is 0 Å². The largest absolute Gasteiger partial charge is 0.477 e. The van der Waals surface area contributed by atoms with Crippen LogP contribution in [0.4, 0.5) is 15.8 Å². The van der Waals surface area contributed by atoms with Crippen LogP contribution in [0.1, 0.15) is 23.2 Å². The van der Waals surface area contributed by atoms with Gasteiger partial charge in [0.1, 0.15) is 5.56 Å². The second kappa shape index (κ2) is 5.41. The lowest BCUT2D eigenvalue weighted by atomic mass is 10.1. The number of anilines is 1. The number of aliphatic hydroxyl groups is 1. The zero-order valence-electron chi connectivity index (χ0n) is 10.5. The van der Waals surface area contributed by atoms with Crippen LogP contribution in [-0.2, 0) is 0 Å². The summed E-state index contributed by atoms with van der Waals surface area (Å²) in [4.78, 5) is 22.4. The quantitative estimate of drug-likeness (QED) is 0.604. The number of aliphatic hydroxyl groups excluding tert-OH is 1. The van der Waals surface area contributed by atoms with Crippen molar-refractivity contribution in [1.82, 2.24) is 0 Å². The maximum atomic E-state index is 14.0. The van der Waals surface area contributed by atoms with Gasteiger partial charge in [0.25, 0.3) is 5.69 Å². The molecule has 0 spiro atoms. The van der Waals surface area contributed by atoms with Crippen LogP contribution in [0.15, 0.2) is 12.1 Å². The van der Waals surface area contributed by atoms with E-state index >= 15 is 0 Å². The Morgan fingerprint density at radius 3 is 2.60 bits per heavy atom. The molecule has 0 heterocycles. The predicted octanol–water partition coefficient (Wildman–Crippen LogP) is 1.39. The minimum atomic E-state index is -1.49. The lowest BCUT2D eigenvalue weighted by molar-refractivity contribution is -0.385. The summed E-state index contributed by atoms with van der Waals surface area (Å²) in [5, 5.41) is 28.8. The van der Waals surface area contributed by atoms with Gasteiger partial charge in [-0.05, 0) is 18.9 Å². The van der Waals surface area contributed by atoms with Gasteiger partial charge in [0.15, 0.2) is 5.82 Å². The molecular formula is C12H13FN2O5. The Balaban J connectivity index is 2.50. The van der Waals surface area contributed by atoms with Crippen molar-refractivity contribution in [2.75, 3.05) is 18.1 Å². The van der Waals surface area contributed by atoms with E-state index in [9.17, 15) is 19.3 Å². The highest BCUT2D eigenvalue weighted by molar-refractivity contribution is 5.93. The van der Waals surface area contributed by atoms with Crippen molar-refractivity contribution in [2.45, 2.75) is 18.9 Å². The van der Waals surface area contributed by atoms with Gasteiger partial charge < -0.3 is 15.1 Å². The van der Waals surface area contributed by atoms with E-state index in [0.717, 1.165) is 18.9 Å². The molecule has 0 saturated heterocycles. The highest BCUT2D eigenvalue weighted by Gasteiger charge is 2.33. The fourth-order valence-corrected chi connectivity index (χ4v) is 2.09. The molecule has 1 aliphatic carbocycles. The number of carboxylic acids is 1. The molecule has 1 aromatic carbocycles. The number of rotatable bonds is 6. The molecule has 0 radical (unpaired) electrons. The maximum Gasteiger partial charge on any atom is 0.342 e. The summed E-state index contributed by atoms with van der Waals surface area (Å²) in [6, 6.07) is 1.62. The molecule has 108 valence electrons. The average Bonchev–Trinajstić information content (AvgIpc) is 3.19. The van der Waals surface area contributed by atoms with Gasteiger partial charge in [-0.25, -0.2) is 9.18 Å². The number of hydrogen-bond donors (Lipinski definition) is 2. The highest BCUT2D eigenvalue weighted by Crippen LogP contribution is 2.35. The number of benzene rings is 1. The molecule has 0 bridgehead atoms. The molecule has 0 atom stereocenters. The van der Waals surface area contributed by atoms with Gasteiger partial charge in [0.2, 0.25) is 0 Å². The summed E-state index contributed by atoms with van der Waals surface area (Å²) in [5.74, 6) is -2.35.